The second-order valence-corrected chi connectivity index (χ2v) is 7.79. The number of para-hydroxylation sites is 2. The Bertz CT molecular complexity index is 1200. The van der Waals surface area contributed by atoms with Gasteiger partial charge in [-0.15, -0.1) is 0 Å². The van der Waals surface area contributed by atoms with Crippen molar-refractivity contribution >= 4 is 49.3 Å². The van der Waals surface area contributed by atoms with Crippen LogP contribution in [0, 0.1) is 0 Å². The molecule has 0 bridgehead atoms. The summed E-state index contributed by atoms with van der Waals surface area (Å²) in [5, 5.41) is 7.33. The molecule has 142 valence electrons. The Morgan fingerprint density at radius 3 is 2.82 bits per heavy atom. The fourth-order valence-electron chi connectivity index (χ4n) is 3.84. The monoisotopic (exact) mass is 392 g/mol. The van der Waals surface area contributed by atoms with Crippen LogP contribution in [-0.4, -0.2) is 34.3 Å². The van der Waals surface area contributed by atoms with E-state index in [9.17, 15) is 9.59 Å². The molecule has 0 radical (unpaired) electrons. The van der Waals surface area contributed by atoms with E-state index < -0.39 is 11.7 Å². The summed E-state index contributed by atoms with van der Waals surface area (Å²) in [6.45, 7) is 2.41. The van der Waals surface area contributed by atoms with E-state index in [1.54, 1.807) is 0 Å². The lowest BCUT2D eigenvalue weighted by Crippen LogP contribution is -2.24. The third-order valence-electron chi connectivity index (χ3n) is 5.08. The standard InChI is InChI=1S/C21H18N4O2S.H2/c26-19(20(27)24-21-23-14-6-2-4-8-17(14)28-21)18-13-5-1-3-7-15(13)25-12-11-22-10-9-16(18)25;/h1-8,22H,9-12H2,(H,23,24,27);1H. The summed E-state index contributed by atoms with van der Waals surface area (Å²) in [7, 11) is 0. The van der Waals surface area contributed by atoms with E-state index in [0.717, 1.165) is 46.4 Å². The summed E-state index contributed by atoms with van der Waals surface area (Å²) in [4.78, 5) is 30.3. The highest BCUT2D eigenvalue weighted by Crippen LogP contribution is 2.29. The van der Waals surface area contributed by atoms with E-state index in [1.807, 2.05) is 48.5 Å². The van der Waals surface area contributed by atoms with Crippen molar-refractivity contribution in [2.24, 2.45) is 0 Å². The Morgan fingerprint density at radius 2 is 1.93 bits per heavy atom. The van der Waals surface area contributed by atoms with Gasteiger partial charge in [-0.3, -0.25) is 14.9 Å². The molecule has 0 spiro atoms. The molecule has 0 unspecified atom stereocenters. The Morgan fingerprint density at radius 1 is 1.11 bits per heavy atom. The van der Waals surface area contributed by atoms with Gasteiger partial charge in [0.1, 0.15) is 0 Å². The number of nitrogens with one attached hydrogen (secondary N) is 2. The van der Waals surface area contributed by atoms with Crippen LogP contribution in [0.5, 0.6) is 0 Å². The van der Waals surface area contributed by atoms with Crippen LogP contribution >= 0.6 is 11.3 Å². The second kappa shape index (κ2) is 6.85. The van der Waals surface area contributed by atoms with Crippen LogP contribution < -0.4 is 10.6 Å². The molecule has 0 saturated heterocycles. The predicted molar refractivity (Wildman–Crippen MR) is 113 cm³/mol. The molecule has 28 heavy (non-hydrogen) atoms. The molecule has 3 heterocycles. The summed E-state index contributed by atoms with van der Waals surface area (Å²) in [5.74, 6) is -1.15. The lowest BCUT2D eigenvalue weighted by Gasteiger charge is -2.06. The first kappa shape index (κ1) is 17.1. The first-order valence-electron chi connectivity index (χ1n) is 9.24. The lowest BCUT2D eigenvalue weighted by atomic mass is 10.0. The van der Waals surface area contributed by atoms with E-state index in [2.05, 4.69) is 20.2 Å². The number of aromatic nitrogens is 2. The molecule has 1 aliphatic rings. The smallest absolute Gasteiger partial charge is 0.298 e. The number of rotatable bonds is 3. The summed E-state index contributed by atoms with van der Waals surface area (Å²) in [6, 6.07) is 15.4. The molecule has 6 nitrogen and oxygen atoms in total. The summed E-state index contributed by atoms with van der Waals surface area (Å²) < 4.78 is 3.13. The number of ketones is 1. The van der Waals surface area contributed by atoms with Crippen LogP contribution in [0.25, 0.3) is 21.1 Å². The zero-order chi connectivity index (χ0) is 19.1. The van der Waals surface area contributed by atoms with Crippen molar-refractivity contribution in [2.45, 2.75) is 13.0 Å². The molecular formula is C21H20N4O2S. The van der Waals surface area contributed by atoms with Crippen LogP contribution in [0.15, 0.2) is 48.5 Å². The number of hydrogen-bond donors (Lipinski definition) is 2. The minimum absolute atomic E-state index is 0. The Labute approximate surface area is 166 Å². The first-order chi connectivity index (χ1) is 13.7. The van der Waals surface area contributed by atoms with E-state index in [1.165, 1.54) is 11.3 Å². The molecule has 0 fully saturated rings. The van der Waals surface area contributed by atoms with Gasteiger partial charge < -0.3 is 9.88 Å². The Kier molecular flexibility index (Phi) is 4.18. The Hall–Kier alpha value is -3.03. The van der Waals surface area contributed by atoms with Gasteiger partial charge in [0, 0.05) is 44.1 Å². The van der Waals surface area contributed by atoms with E-state index in [-0.39, 0.29) is 1.43 Å². The highest BCUT2D eigenvalue weighted by molar-refractivity contribution is 7.22. The van der Waals surface area contributed by atoms with E-state index in [4.69, 9.17) is 0 Å². The fraction of sp³-hybridized carbons (Fsp3) is 0.190. The molecule has 7 heteroatoms. The van der Waals surface area contributed by atoms with Gasteiger partial charge in [-0.1, -0.05) is 41.7 Å². The van der Waals surface area contributed by atoms with Crippen molar-refractivity contribution in [3.05, 3.63) is 59.8 Å². The van der Waals surface area contributed by atoms with Gasteiger partial charge in [0.15, 0.2) is 5.13 Å². The third kappa shape index (κ3) is 2.80. The maximum absolute atomic E-state index is 13.2. The predicted octanol–water partition coefficient (Wildman–Crippen LogP) is 3.46. The highest BCUT2D eigenvalue weighted by Gasteiger charge is 2.28. The number of anilines is 1. The third-order valence-corrected chi connectivity index (χ3v) is 6.03. The van der Waals surface area contributed by atoms with E-state index in [0.29, 0.717) is 17.1 Å². The van der Waals surface area contributed by atoms with Crippen LogP contribution in [0.4, 0.5) is 5.13 Å². The maximum Gasteiger partial charge on any atom is 0.298 e. The van der Waals surface area contributed by atoms with Gasteiger partial charge >= 0.3 is 0 Å². The normalized spacial score (nSPS) is 14.0. The number of benzene rings is 2. The van der Waals surface area contributed by atoms with Crippen molar-refractivity contribution in [3.63, 3.8) is 0 Å². The maximum atomic E-state index is 13.2. The number of Topliss-reactive ketones (excluding diaryl/α,β-unsaturated/α-hetero) is 1. The first-order valence-corrected chi connectivity index (χ1v) is 10.1. The van der Waals surface area contributed by atoms with Crippen molar-refractivity contribution in [2.75, 3.05) is 18.4 Å². The topological polar surface area (TPSA) is 76.0 Å². The number of fused-ring (bicyclic) bond motifs is 4. The Balaban J connectivity index is 0.00000205. The average Bonchev–Trinajstić information content (AvgIpc) is 3.16. The number of amides is 1. The van der Waals surface area contributed by atoms with Crippen molar-refractivity contribution in [1.82, 2.24) is 14.9 Å². The molecule has 0 saturated carbocycles. The molecule has 4 aromatic rings. The molecule has 0 aliphatic carbocycles. The van der Waals surface area contributed by atoms with Crippen molar-refractivity contribution < 1.29 is 11.0 Å². The number of thiazole rings is 1. The van der Waals surface area contributed by atoms with Gasteiger partial charge in [-0.05, 0) is 18.2 Å². The molecule has 2 N–H and O–H groups in total. The number of carbonyl (C=O) groups is 2. The molecule has 1 amide bonds. The fourth-order valence-corrected chi connectivity index (χ4v) is 4.70. The number of nitrogens with zero attached hydrogens (tertiary/aromatic N) is 2. The largest absolute Gasteiger partial charge is 0.343 e. The summed E-state index contributed by atoms with van der Waals surface area (Å²) >= 11 is 1.37. The molecule has 1 aliphatic heterocycles. The van der Waals surface area contributed by atoms with Gasteiger partial charge in [-0.2, -0.15) is 0 Å². The number of hydrogen-bond acceptors (Lipinski definition) is 5. The average molecular weight is 392 g/mol. The summed E-state index contributed by atoms with van der Waals surface area (Å²) in [5.41, 5.74) is 3.25. The van der Waals surface area contributed by atoms with E-state index >= 15 is 0 Å². The van der Waals surface area contributed by atoms with Crippen molar-refractivity contribution in [1.29, 1.82) is 0 Å². The number of carbonyl (C=O) groups excluding carboxylic acids is 2. The molecular weight excluding hydrogens is 372 g/mol. The minimum Gasteiger partial charge on any atom is -0.343 e. The summed E-state index contributed by atoms with van der Waals surface area (Å²) in [6.07, 6.45) is 0.712. The molecule has 5 rings (SSSR count). The molecule has 2 aromatic carbocycles. The van der Waals surface area contributed by atoms with Crippen LogP contribution in [0.2, 0.25) is 0 Å². The van der Waals surface area contributed by atoms with Gasteiger partial charge in [0.2, 0.25) is 0 Å². The zero-order valence-electron chi connectivity index (χ0n) is 15.1. The molecule has 0 atom stereocenters. The van der Waals surface area contributed by atoms with Crippen LogP contribution in [-0.2, 0) is 17.8 Å². The SMILES string of the molecule is O=C(Nc1nc2ccccc2s1)C(=O)c1c2n(c3ccccc13)CCNCC2.[HH]. The lowest BCUT2D eigenvalue weighted by molar-refractivity contribution is -0.112. The van der Waals surface area contributed by atoms with Crippen LogP contribution in [0.1, 0.15) is 17.5 Å². The van der Waals surface area contributed by atoms with Gasteiger partial charge in [0.05, 0.1) is 15.8 Å². The van der Waals surface area contributed by atoms with Gasteiger partial charge in [-0.25, -0.2) is 4.98 Å². The molecule has 2 aromatic heterocycles. The van der Waals surface area contributed by atoms with Gasteiger partial charge in [0.25, 0.3) is 11.7 Å². The van der Waals surface area contributed by atoms with Crippen molar-refractivity contribution in [3.8, 4) is 0 Å². The zero-order valence-corrected chi connectivity index (χ0v) is 15.9. The minimum atomic E-state index is -0.643. The quantitative estimate of drug-likeness (QED) is 0.414. The second-order valence-electron chi connectivity index (χ2n) is 6.76. The highest BCUT2D eigenvalue weighted by atomic mass is 32.1. The van der Waals surface area contributed by atoms with Crippen LogP contribution in [0.3, 0.4) is 0 Å².